The van der Waals surface area contributed by atoms with E-state index in [9.17, 15) is 14.7 Å². The first kappa shape index (κ1) is 15.9. The summed E-state index contributed by atoms with van der Waals surface area (Å²) < 4.78 is 9.38. The first-order valence-corrected chi connectivity index (χ1v) is 5.72. The molecule has 100 valence electrons. The van der Waals surface area contributed by atoms with Crippen LogP contribution in [0.1, 0.15) is 33.1 Å². The molecule has 0 saturated carbocycles. The van der Waals surface area contributed by atoms with Gasteiger partial charge in [0.25, 0.3) is 0 Å². The molecule has 0 aliphatic heterocycles. The van der Waals surface area contributed by atoms with Crippen LogP contribution < -0.4 is 0 Å². The van der Waals surface area contributed by atoms with E-state index in [2.05, 4.69) is 4.74 Å². The van der Waals surface area contributed by atoms with Crippen LogP contribution in [0, 0.1) is 5.92 Å². The Bertz CT molecular complexity index is 240. The highest BCUT2D eigenvalue weighted by Gasteiger charge is 2.30. The molecule has 0 rings (SSSR count). The summed E-state index contributed by atoms with van der Waals surface area (Å²) in [6, 6.07) is 0. The number of ether oxygens (including phenoxy) is 2. The van der Waals surface area contributed by atoms with Crippen molar-refractivity contribution in [3.05, 3.63) is 0 Å². The second kappa shape index (κ2) is 8.95. The average Bonchev–Trinajstić information content (AvgIpc) is 2.26. The molecule has 0 radical (unpaired) electrons. The molecule has 0 spiro atoms. The maximum Gasteiger partial charge on any atom is 0.322 e. The van der Waals surface area contributed by atoms with E-state index in [1.54, 1.807) is 6.92 Å². The van der Waals surface area contributed by atoms with Gasteiger partial charge in [-0.3, -0.25) is 9.59 Å². The molecule has 0 fully saturated rings. The number of aliphatic hydroxyl groups excluding tert-OH is 2. The number of hydrogen-bond donors (Lipinski definition) is 2. The first-order chi connectivity index (χ1) is 8.06. The smallest absolute Gasteiger partial charge is 0.322 e. The van der Waals surface area contributed by atoms with E-state index >= 15 is 0 Å². The van der Waals surface area contributed by atoms with Crippen molar-refractivity contribution in [1.29, 1.82) is 0 Å². The molecular formula is C11H20O6. The Labute approximate surface area is 101 Å². The number of esters is 2. The van der Waals surface area contributed by atoms with Crippen LogP contribution in [-0.2, 0) is 19.1 Å². The van der Waals surface area contributed by atoms with Crippen molar-refractivity contribution >= 4 is 11.9 Å². The Kier molecular flexibility index (Phi) is 8.35. The van der Waals surface area contributed by atoms with Gasteiger partial charge in [-0.25, -0.2) is 0 Å². The fourth-order valence-corrected chi connectivity index (χ4v) is 1.25. The molecule has 0 aromatic rings. The van der Waals surface area contributed by atoms with Crippen LogP contribution in [0.2, 0.25) is 0 Å². The van der Waals surface area contributed by atoms with Gasteiger partial charge in [0.15, 0.2) is 5.92 Å². The van der Waals surface area contributed by atoms with Crippen molar-refractivity contribution in [3.63, 3.8) is 0 Å². The third kappa shape index (κ3) is 6.23. The van der Waals surface area contributed by atoms with Crippen LogP contribution >= 0.6 is 0 Å². The van der Waals surface area contributed by atoms with Crippen LogP contribution in [0.5, 0.6) is 0 Å². The van der Waals surface area contributed by atoms with Crippen LogP contribution in [0.25, 0.3) is 0 Å². The van der Waals surface area contributed by atoms with Gasteiger partial charge in [-0.2, -0.15) is 0 Å². The lowest BCUT2D eigenvalue weighted by Crippen LogP contribution is -2.31. The molecule has 6 nitrogen and oxygen atoms in total. The SMILES string of the molecule is CCCC(C(=O)OCC)C(=O)OC(O)CCO. The molecule has 0 bridgehead atoms. The maximum absolute atomic E-state index is 11.6. The van der Waals surface area contributed by atoms with Crippen molar-refractivity contribution < 1.29 is 29.3 Å². The van der Waals surface area contributed by atoms with Crippen LogP contribution in [0.15, 0.2) is 0 Å². The minimum atomic E-state index is -1.39. The summed E-state index contributed by atoms with van der Waals surface area (Å²) in [5, 5.41) is 17.7. The van der Waals surface area contributed by atoms with Crippen molar-refractivity contribution in [1.82, 2.24) is 0 Å². The summed E-state index contributed by atoms with van der Waals surface area (Å²) in [5.41, 5.74) is 0. The first-order valence-electron chi connectivity index (χ1n) is 5.72. The second-order valence-electron chi connectivity index (χ2n) is 3.50. The third-order valence-corrected chi connectivity index (χ3v) is 2.06. The Morgan fingerprint density at radius 1 is 1.18 bits per heavy atom. The molecule has 0 aliphatic carbocycles. The summed E-state index contributed by atoms with van der Waals surface area (Å²) in [6.07, 6.45) is -0.535. The van der Waals surface area contributed by atoms with Gasteiger partial charge in [0.05, 0.1) is 6.61 Å². The number of carbonyl (C=O) groups is 2. The van der Waals surface area contributed by atoms with Crippen molar-refractivity contribution in [3.8, 4) is 0 Å². The van der Waals surface area contributed by atoms with Crippen molar-refractivity contribution in [2.45, 2.75) is 39.4 Å². The Hall–Kier alpha value is -1.14. The quantitative estimate of drug-likeness (QED) is 0.362. The molecule has 0 saturated heterocycles. The lowest BCUT2D eigenvalue weighted by Gasteiger charge is -2.16. The van der Waals surface area contributed by atoms with Gasteiger partial charge < -0.3 is 19.7 Å². The monoisotopic (exact) mass is 248 g/mol. The van der Waals surface area contributed by atoms with E-state index in [0.29, 0.717) is 12.8 Å². The van der Waals surface area contributed by atoms with Crippen LogP contribution in [0.3, 0.4) is 0 Å². The summed E-state index contributed by atoms with van der Waals surface area (Å²) in [7, 11) is 0. The summed E-state index contributed by atoms with van der Waals surface area (Å²) in [5.74, 6) is -2.46. The van der Waals surface area contributed by atoms with Crippen molar-refractivity contribution in [2.24, 2.45) is 5.92 Å². The predicted octanol–water partition coefficient (Wildman–Crippen LogP) is 0.210. The maximum atomic E-state index is 11.6. The predicted molar refractivity (Wildman–Crippen MR) is 58.8 cm³/mol. The zero-order valence-electron chi connectivity index (χ0n) is 10.2. The van der Waals surface area contributed by atoms with Crippen LogP contribution in [0.4, 0.5) is 0 Å². The molecular weight excluding hydrogens is 228 g/mol. The van der Waals surface area contributed by atoms with E-state index in [1.165, 1.54) is 0 Å². The van der Waals surface area contributed by atoms with Gasteiger partial charge in [0.1, 0.15) is 0 Å². The van der Waals surface area contributed by atoms with Gasteiger partial charge in [-0.1, -0.05) is 13.3 Å². The number of hydrogen-bond acceptors (Lipinski definition) is 6. The van der Waals surface area contributed by atoms with Crippen molar-refractivity contribution in [2.75, 3.05) is 13.2 Å². The minimum Gasteiger partial charge on any atom is -0.465 e. The summed E-state index contributed by atoms with van der Waals surface area (Å²) in [4.78, 5) is 23.0. The minimum absolute atomic E-state index is 0.0760. The molecule has 2 unspecified atom stereocenters. The van der Waals surface area contributed by atoms with Gasteiger partial charge in [0.2, 0.25) is 6.29 Å². The molecule has 0 aromatic carbocycles. The highest BCUT2D eigenvalue weighted by Crippen LogP contribution is 2.12. The summed E-state index contributed by atoms with van der Waals surface area (Å²) in [6.45, 7) is 3.36. The Balaban J connectivity index is 4.37. The molecule has 0 aliphatic rings. The molecule has 2 atom stereocenters. The molecule has 2 N–H and O–H groups in total. The molecule has 0 heterocycles. The van der Waals surface area contributed by atoms with E-state index in [1.807, 2.05) is 6.92 Å². The standard InChI is InChI=1S/C11H20O6/c1-3-5-8(10(14)16-4-2)11(15)17-9(13)6-7-12/h8-9,12-13H,3-7H2,1-2H3. The number of aliphatic hydroxyl groups is 2. The van der Waals surface area contributed by atoms with Crippen LogP contribution in [-0.4, -0.2) is 41.7 Å². The Morgan fingerprint density at radius 3 is 2.29 bits per heavy atom. The van der Waals surface area contributed by atoms with Gasteiger partial charge in [-0.15, -0.1) is 0 Å². The lowest BCUT2D eigenvalue weighted by atomic mass is 10.0. The highest BCUT2D eigenvalue weighted by molar-refractivity contribution is 5.94. The van der Waals surface area contributed by atoms with Gasteiger partial charge in [0, 0.05) is 13.0 Å². The van der Waals surface area contributed by atoms with E-state index in [-0.39, 0.29) is 19.6 Å². The fraction of sp³-hybridized carbons (Fsp3) is 0.818. The van der Waals surface area contributed by atoms with Gasteiger partial charge in [-0.05, 0) is 13.3 Å². The normalized spacial score (nSPS) is 13.9. The highest BCUT2D eigenvalue weighted by atomic mass is 16.6. The lowest BCUT2D eigenvalue weighted by molar-refractivity contribution is -0.180. The molecule has 17 heavy (non-hydrogen) atoms. The zero-order chi connectivity index (χ0) is 13.3. The zero-order valence-corrected chi connectivity index (χ0v) is 10.2. The topological polar surface area (TPSA) is 93.1 Å². The number of rotatable bonds is 8. The fourth-order valence-electron chi connectivity index (χ4n) is 1.25. The van der Waals surface area contributed by atoms with E-state index in [0.717, 1.165) is 0 Å². The van der Waals surface area contributed by atoms with E-state index in [4.69, 9.17) is 9.84 Å². The van der Waals surface area contributed by atoms with E-state index < -0.39 is 24.1 Å². The number of carbonyl (C=O) groups excluding carboxylic acids is 2. The largest absolute Gasteiger partial charge is 0.465 e. The van der Waals surface area contributed by atoms with Gasteiger partial charge >= 0.3 is 11.9 Å². The second-order valence-corrected chi connectivity index (χ2v) is 3.50. The molecule has 0 aromatic heterocycles. The summed E-state index contributed by atoms with van der Waals surface area (Å²) >= 11 is 0. The molecule has 6 heteroatoms. The average molecular weight is 248 g/mol. The molecule has 0 amide bonds. The Morgan fingerprint density at radius 2 is 1.82 bits per heavy atom. The third-order valence-electron chi connectivity index (χ3n) is 2.06.